The van der Waals surface area contributed by atoms with Crippen LogP contribution in [0.25, 0.3) is 0 Å². The van der Waals surface area contributed by atoms with Crippen molar-refractivity contribution in [2.75, 3.05) is 37.6 Å². The van der Waals surface area contributed by atoms with Gasteiger partial charge in [0, 0.05) is 31.9 Å². The van der Waals surface area contributed by atoms with Crippen molar-refractivity contribution in [3.8, 4) is 0 Å². The number of carbonyl (C=O) groups excluding carboxylic acids is 2. The summed E-state index contributed by atoms with van der Waals surface area (Å²) in [6.45, 7) is 4.57. The van der Waals surface area contributed by atoms with Gasteiger partial charge in [0.05, 0.1) is 12.5 Å². The Bertz CT molecular complexity index is 559. The second kappa shape index (κ2) is 9.36. The highest BCUT2D eigenvalue weighted by atomic mass is 19.1. The van der Waals surface area contributed by atoms with Gasteiger partial charge in [-0.05, 0) is 30.7 Å². The lowest BCUT2D eigenvalue weighted by molar-refractivity contribution is -0.157. The largest absolute Gasteiger partial charge is 0.368 e. The van der Waals surface area contributed by atoms with Crippen LogP contribution in [-0.4, -0.2) is 60.2 Å². The summed E-state index contributed by atoms with van der Waals surface area (Å²) >= 11 is 0. The van der Waals surface area contributed by atoms with Gasteiger partial charge in [0.15, 0.2) is 0 Å². The first kappa shape index (κ1) is 19.2. The van der Waals surface area contributed by atoms with Crippen molar-refractivity contribution < 1.29 is 19.2 Å². The summed E-state index contributed by atoms with van der Waals surface area (Å²) in [5.74, 6) is -0.666. The summed E-state index contributed by atoms with van der Waals surface area (Å²) in [6, 6.07) is 6.35. The number of carbonyl (C=O) groups is 2. The Balaban J connectivity index is 1.93. The lowest BCUT2D eigenvalue weighted by Gasteiger charge is -2.37. The molecule has 1 N–H and O–H groups in total. The molecule has 0 spiro atoms. The zero-order valence-electron chi connectivity index (χ0n) is 14.6. The van der Waals surface area contributed by atoms with Gasteiger partial charge in [0.25, 0.3) is 0 Å². The number of benzene rings is 1. The summed E-state index contributed by atoms with van der Waals surface area (Å²) < 4.78 is 13.0. The maximum Gasteiger partial charge on any atom is 0.233 e. The number of piperazine rings is 1. The van der Waals surface area contributed by atoms with Crippen LogP contribution in [0.3, 0.4) is 0 Å². The number of hydrogen-bond donors (Lipinski definition) is 1. The summed E-state index contributed by atoms with van der Waals surface area (Å²) in [6.07, 6.45) is 2.81. The summed E-state index contributed by atoms with van der Waals surface area (Å²) in [4.78, 5) is 27.3. The number of unbranched alkanes of at least 4 members (excludes halogenated alkanes) is 1. The standard InChI is InChI=1S/C18H26FN3O3/c1-2-3-4-15(13-22(25)14-23)18(24)21-11-9-20(10-12-21)17-7-5-16(19)6-8-17/h5-8,14-15,25H,2-4,9-13H2,1H3/t15-/m1/s1. The smallest absolute Gasteiger partial charge is 0.233 e. The van der Waals surface area contributed by atoms with Crippen molar-refractivity contribution in [1.82, 2.24) is 9.96 Å². The molecule has 2 rings (SSSR count). The Morgan fingerprint density at radius 1 is 1.28 bits per heavy atom. The molecule has 6 nitrogen and oxygen atoms in total. The molecule has 1 heterocycles. The normalized spacial score (nSPS) is 15.8. The summed E-state index contributed by atoms with van der Waals surface area (Å²) in [5, 5.41) is 9.99. The van der Waals surface area contributed by atoms with Crippen molar-refractivity contribution in [3.05, 3.63) is 30.1 Å². The molecule has 1 saturated heterocycles. The minimum Gasteiger partial charge on any atom is -0.368 e. The minimum atomic E-state index is -0.382. The minimum absolute atomic E-state index is 0.0203. The Morgan fingerprint density at radius 2 is 1.92 bits per heavy atom. The van der Waals surface area contributed by atoms with E-state index in [0.29, 0.717) is 44.1 Å². The maximum absolute atomic E-state index is 13.0. The lowest BCUT2D eigenvalue weighted by Crippen LogP contribution is -2.51. The average molecular weight is 351 g/mol. The highest BCUT2D eigenvalue weighted by Gasteiger charge is 2.28. The van der Waals surface area contributed by atoms with Gasteiger partial charge < -0.3 is 9.80 Å². The van der Waals surface area contributed by atoms with Crippen molar-refractivity contribution in [3.63, 3.8) is 0 Å². The maximum atomic E-state index is 13.0. The third kappa shape index (κ3) is 5.42. The SMILES string of the molecule is CCCC[C@H](CN(O)C=O)C(=O)N1CCN(c2ccc(F)cc2)CC1. The van der Waals surface area contributed by atoms with Crippen LogP contribution in [0.1, 0.15) is 26.2 Å². The molecule has 1 fully saturated rings. The molecule has 1 aliphatic heterocycles. The highest BCUT2D eigenvalue weighted by Crippen LogP contribution is 2.19. The number of hydrogen-bond acceptors (Lipinski definition) is 4. The van der Waals surface area contributed by atoms with E-state index in [2.05, 4.69) is 4.90 Å². The van der Waals surface area contributed by atoms with E-state index in [9.17, 15) is 19.2 Å². The van der Waals surface area contributed by atoms with Crippen LogP contribution in [0.15, 0.2) is 24.3 Å². The molecule has 138 valence electrons. The third-order valence-corrected chi connectivity index (χ3v) is 4.57. The van der Waals surface area contributed by atoms with Gasteiger partial charge in [-0.2, -0.15) is 0 Å². The Hall–Kier alpha value is -2.15. The zero-order chi connectivity index (χ0) is 18.2. The van der Waals surface area contributed by atoms with Crippen molar-refractivity contribution >= 4 is 18.0 Å². The van der Waals surface area contributed by atoms with Gasteiger partial charge in [-0.1, -0.05) is 19.8 Å². The number of rotatable bonds is 8. The summed E-state index contributed by atoms with van der Waals surface area (Å²) in [7, 11) is 0. The first-order valence-electron chi connectivity index (χ1n) is 8.75. The fourth-order valence-electron chi connectivity index (χ4n) is 3.11. The molecular weight excluding hydrogens is 325 g/mol. The quantitative estimate of drug-likeness (QED) is 0.443. The van der Waals surface area contributed by atoms with E-state index >= 15 is 0 Å². The van der Waals surface area contributed by atoms with Crippen LogP contribution >= 0.6 is 0 Å². The number of nitrogens with zero attached hydrogens (tertiary/aromatic N) is 3. The lowest BCUT2D eigenvalue weighted by atomic mass is 10.00. The molecule has 0 aromatic heterocycles. The fraction of sp³-hybridized carbons (Fsp3) is 0.556. The van der Waals surface area contributed by atoms with E-state index < -0.39 is 0 Å². The number of hydroxylamine groups is 2. The van der Waals surface area contributed by atoms with Crippen molar-refractivity contribution in [2.45, 2.75) is 26.2 Å². The predicted molar refractivity (Wildman–Crippen MR) is 92.8 cm³/mol. The van der Waals surface area contributed by atoms with Crippen molar-refractivity contribution in [1.29, 1.82) is 0 Å². The van der Waals surface area contributed by atoms with Crippen LogP contribution < -0.4 is 4.90 Å². The van der Waals surface area contributed by atoms with Gasteiger partial charge >= 0.3 is 0 Å². The van der Waals surface area contributed by atoms with E-state index in [4.69, 9.17) is 0 Å². The van der Waals surface area contributed by atoms with Crippen LogP contribution in [0.4, 0.5) is 10.1 Å². The number of amides is 2. The molecule has 0 saturated carbocycles. The topological polar surface area (TPSA) is 64.1 Å². The Labute approximate surface area is 147 Å². The van der Waals surface area contributed by atoms with Crippen LogP contribution in [0.2, 0.25) is 0 Å². The molecule has 7 heteroatoms. The molecule has 1 aromatic rings. The van der Waals surface area contributed by atoms with E-state index in [1.54, 1.807) is 17.0 Å². The van der Waals surface area contributed by atoms with Crippen LogP contribution in [0.5, 0.6) is 0 Å². The molecular formula is C18H26FN3O3. The van der Waals surface area contributed by atoms with Gasteiger partial charge in [-0.3, -0.25) is 14.8 Å². The second-order valence-electron chi connectivity index (χ2n) is 6.36. The first-order chi connectivity index (χ1) is 12.0. The van der Waals surface area contributed by atoms with Gasteiger partial charge in [-0.15, -0.1) is 0 Å². The highest BCUT2D eigenvalue weighted by molar-refractivity contribution is 5.79. The molecule has 2 amide bonds. The molecule has 25 heavy (non-hydrogen) atoms. The Kier molecular flexibility index (Phi) is 7.18. The molecule has 0 bridgehead atoms. The third-order valence-electron chi connectivity index (χ3n) is 4.57. The number of halogens is 1. The second-order valence-corrected chi connectivity index (χ2v) is 6.36. The fourth-order valence-corrected chi connectivity index (χ4v) is 3.11. The van der Waals surface area contributed by atoms with Crippen LogP contribution in [-0.2, 0) is 9.59 Å². The average Bonchev–Trinajstić information content (AvgIpc) is 2.65. The number of anilines is 1. The van der Waals surface area contributed by atoms with Crippen molar-refractivity contribution in [2.24, 2.45) is 5.92 Å². The molecule has 1 atom stereocenters. The van der Waals surface area contributed by atoms with Gasteiger partial charge in [-0.25, -0.2) is 9.45 Å². The van der Waals surface area contributed by atoms with E-state index in [-0.39, 0.29) is 24.2 Å². The molecule has 1 aliphatic rings. The molecule has 0 aliphatic carbocycles. The first-order valence-corrected chi connectivity index (χ1v) is 8.75. The van der Waals surface area contributed by atoms with Gasteiger partial charge in [0.1, 0.15) is 5.82 Å². The zero-order valence-corrected chi connectivity index (χ0v) is 14.6. The van der Waals surface area contributed by atoms with E-state index in [1.807, 2.05) is 6.92 Å². The Morgan fingerprint density at radius 3 is 2.48 bits per heavy atom. The molecule has 0 unspecified atom stereocenters. The van der Waals surface area contributed by atoms with E-state index in [1.165, 1.54) is 12.1 Å². The van der Waals surface area contributed by atoms with E-state index in [0.717, 1.165) is 18.5 Å². The van der Waals surface area contributed by atoms with Gasteiger partial charge in [0.2, 0.25) is 12.3 Å². The monoisotopic (exact) mass is 351 g/mol. The predicted octanol–water partition coefficient (Wildman–Crippen LogP) is 2.13. The summed E-state index contributed by atoms with van der Waals surface area (Å²) in [5.41, 5.74) is 0.943. The molecule has 0 radical (unpaired) electrons. The molecule has 1 aromatic carbocycles. The van der Waals surface area contributed by atoms with Crippen LogP contribution in [0, 0.1) is 11.7 Å².